The molecule has 0 saturated carbocycles. The molecule has 5 nitrogen and oxygen atoms in total. The highest BCUT2D eigenvalue weighted by Gasteiger charge is 2.22. The van der Waals surface area contributed by atoms with Crippen LogP contribution in [0.1, 0.15) is 25.0 Å². The van der Waals surface area contributed by atoms with Crippen molar-refractivity contribution in [2.75, 3.05) is 23.3 Å². The lowest BCUT2D eigenvalue weighted by atomic mass is 10.2. The van der Waals surface area contributed by atoms with E-state index in [9.17, 15) is 4.79 Å². The van der Waals surface area contributed by atoms with E-state index in [0.717, 1.165) is 36.7 Å². The molecule has 0 spiro atoms. The first-order valence-electron chi connectivity index (χ1n) is 8.67. The molecule has 26 heavy (non-hydrogen) atoms. The fraction of sp³-hybridized carbons (Fsp3) is 0.300. The summed E-state index contributed by atoms with van der Waals surface area (Å²) >= 11 is 0. The van der Waals surface area contributed by atoms with Crippen molar-refractivity contribution in [3.8, 4) is 0 Å². The van der Waals surface area contributed by atoms with Crippen molar-refractivity contribution < 1.29 is 4.79 Å². The number of nitrogens with one attached hydrogen (secondary N) is 2. The average molecular weight is 464 g/mol. The smallest absolute Gasteiger partial charge is 0.221 e. The monoisotopic (exact) mass is 464 g/mol. The van der Waals surface area contributed by atoms with E-state index in [2.05, 4.69) is 46.7 Å². The zero-order valence-electron chi connectivity index (χ0n) is 15.2. The van der Waals surface area contributed by atoms with Crippen molar-refractivity contribution in [2.45, 2.75) is 26.8 Å². The molecule has 1 aliphatic rings. The minimum atomic E-state index is -0.0670. The molecular formula is C20H25IN4O. The molecule has 3 rings (SSSR count). The Morgan fingerprint density at radius 3 is 2.77 bits per heavy atom. The van der Waals surface area contributed by atoms with Crippen LogP contribution in [-0.2, 0) is 17.8 Å². The van der Waals surface area contributed by atoms with Crippen LogP contribution in [0.5, 0.6) is 0 Å². The van der Waals surface area contributed by atoms with Crippen molar-refractivity contribution in [1.82, 2.24) is 5.32 Å². The number of halogens is 1. The van der Waals surface area contributed by atoms with Gasteiger partial charge in [-0.3, -0.25) is 4.79 Å². The molecule has 1 heterocycles. The molecule has 0 saturated heterocycles. The van der Waals surface area contributed by atoms with E-state index in [1.54, 1.807) is 0 Å². The van der Waals surface area contributed by atoms with Crippen LogP contribution in [0.4, 0.5) is 11.4 Å². The Morgan fingerprint density at radius 1 is 1.19 bits per heavy atom. The lowest BCUT2D eigenvalue weighted by molar-refractivity contribution is -0.114. The van der Waals surface area contributed by atoms with Gasteiger partial charge in [0, 0.05) is 31.4 Å². The summed E-state index contributed by atoms with van der Waals surface area (Å²) in [6, 6.07) is 16.3. The Labute approximate surface area is 171 Å². The maximum atomic E-state index is 11.2. The Morgan fingerprint density at radius 2 is 2.00 bits per heavy atom. The number of aliphatic imine (C=N–C) groups is 1. The van der Waals surface area contributed by atoms with Gasteiger partial charge in [0.15, 0.2) is 5.96 Å². The second kappa shape index (κ2) is 9.56. The van der Waals surface area contributed by atoms with E-state index in [1.807, 2.05) is 24.3 Å². The lowest BCUT2D eigenvalue weighted by Gasteiger charge is -2.22. The molecule has 2 aromatic carbocycles. The summed E-state index contributed by atoms with van der Waals surface area (Å²) in [4.78, 5) is 18.3. The van der Waals surface area contributed by atoms with E-state index in [-0.39, 0.29) is 29.9 Å². The van der Waals surface area contributed by atoms with Crippen molar-refractivity contribution in [2.24, 2.45) is 4.99 Å². The number of benzene rings is 2. The standard InChI is InChI=1S/C20H24N4O.HI/c1-3-21-20(24-12-11-17-8-4-5-10-19(17)24)22-14-16-7-6-9-18(13-16)23-15(2)25;/h4-10,13H,3,11-12,14H2,1-2H3,(H,21,22)(H,23,25);1H. The van der Waals surface area contributed by atoms with Crippen LogP contribution >= 0.6 is 24.0 Å². The van der Waals surface area contributed by atoms with Crippen LogP contribution in [0.3, 0.4) is 0 Å². The molecule has 1 aliphatic heterocycles. The number of nitrogens with zero attached hydrogens (tertiary/aromatic N) is 2. The van der Waals surface area contributed by atoms with Gasteiger partial charge >= 0.3 is 0 Å². The quantitative estimate of drug-likeness (QED) is 0.412. The van der Waals surface area contributed by atoms with E-state index in [1.165, 1.54) is 18.2 Å². The van der Waals surface area contributed by atoms with Crippen molar-refractivity contribution in [3.63, 3.8) is 0 Å². The molecule has 0 bridgehead atoms. The summed E-state index contributed by atoms with van der Waals surface area (Å²) in [6.07, 6.45) is 1.04. The van der Waals surface area contributed by atoms with Crippen LogP contribution in [0.2, 0.25) is 0 Å². The fourth-order valence-corrected chi connectivity index (χ4v) is 3.07. The predicted molar refractivity (Wildman–Crippen MR) is 118 cm³/mol. The van der Waals surface area contributed by atoms with E-state index in [4.69, 9.17) is 4.99 Å². The largest absolute Gasteiger partial charge is 0.356 e. The van der Waals surface area contributed by atoms with Gasteiger partial charge in [0.05, 0.1) is 6.54 Å². The fourth-order valence-electron chi connectivity index (χ4n) is 3.07. The molecule has 0 radical (unpaired) electrons. The number of hydrogen-bond donors (Lipinski definition) is 2. The summed E-state index contributed by atoms with van der Waals surface area (Å²) in [6.45, 7) is 5.92. The lowest BCUT2D eigenvalue weighted by Crippen LogP contribution is -2.40. The molecule has 0 aromatic heterocycles. The van der Waals surface area contributed by atoms with Gasteiger partial charge in [0.25, 0.3) is 0 Å². The van der Waals surface area contributed by atoms with Crippen LogP contribution in [0.15, 0.2) is 53.5 Å². The first kappa shape index (κ1) is 20.2. The Hall–Kier alpha value is -2.09. The van der Waals surface area contributed by atoms with Gasteiger partial charge < -0.3 is 15.5 Å². The minimum absolute atomic E-state index is 0. The number of carbonyl (C=O) groups is 1. The third-order valence-corrected chi connectivity index (χ3v) is 4.14. The summed E-state index contributed by atoms with van der Waals surface area (Å²) in [5, 5.41) is 6.20. The minimum Gasteiger partial charge on any atom is -0.356 e. The van der Waals surface area contributed by atoms with Gasteiger partial charge in [0.1, 0.15) is 0 Å². The second-order valence-electron chi connectivity index (χ2n) is 6.08. The number of rotatable bonds is 4. The van der Waals surface area contributed by atoms with Crippen LogP contribution in [-0.4, -0.2) is 25.0 Å². The molecule has 2 aromatic rings. The molecule has 0 atom stereocenters. The Bertz CT molecular complexity index is 791. The molecule has 1 amide bonds. The molecule has 138 valence electrons. The zero-order chi connectivity index (χ0) is 17.6. The maximum absolute atomic E-state index is 11.2. The van der Waals surface area contributed by atoms with Gasteiger partial charge in [0.2, 0.25) is 5.91 Å². The van der Waals surface area contributed by atoms with Gasteiger partial charge in [-0.2, -0.15) is 0 Å². The predicted octanol–water partition coefficient (Wildman–Crippen LogP) is 3.79. The molecule has 0 unspecified atom stereocenters. The molecule has 6 heteroatoms. The van der Waals surface area contributed by atoms with E-state index in [0.29, 0.717) is 6.54 Å². The second-order valence-corrected chi connectivity index (χ2v) is 6.08. The summed E-state index contributed by atoms with van der Waals surface area (Å²) in [5.41, 5.74) is 4.46. The van der Waals surface area contributed by atoms with Gasteiger partial charge in [-0.15, -0.1) is 24.0 Å². The first-order chi connectivity index (χ1) is 12.2. The summed E-state index contributed by atoms with van der Waals surface area (Å²) < 4.78 is 0. The van der Waals surface area contributed by atoms with Gasteiger partial charge in [-0.1, -0.05) is 30.3 Å². The van der Waals surface area contributed by atoms with Crippen molar-refractivity contribution in [3.05, 3.63) is 59.7 Å². The highest BCUT2D eigenvalue weighted by molar-refractivity contribution is 14.0. The zero-order valence-corrected chi connectivity index (χ0v) is 17.5. The van der Waals surface area contributed by atoms with Crippen molar-refractivity contribution in [1.29, 1.82) is 0 Å². The number of guanidine groups is 1. The SMILES string of the molecule is CCNC(=NCc1cccc(NC(C)=O)c1)N1CCc2ccccc21.I. The summed E-state index contributed by atoms with van der Waals surface area (Å²) in [7, 11) is 0. The molecule has 0 aliphatic carbocycles. The van der Waals surface area contributed by atoms with E-state index >= 15 is 0 Å². The molecule has 2 N–H and O–H groups in total. The number of anilines is 2. The average Bonchev–Trinajstić information content (AvgIpc) is 3.02. The maximum Gasteiger partial charge on any atom is 0.221 e. The van der Waals surface area contributed by atoms with Crippen LogP contribution in [0, 0.1) is 0 Å². The first-order valence-corrected chi connectivity index (χ1v) is 8.67. The Kier molecular flexibility index (Phi) is 7.44. The van der Waals surface area contributed by atoms with E-state index < -0.39 is 0 Å². The number of carbonyl (C=O) groups excluding carboxylic acids is 1. The number of fused-ring (bicyclic) bond motifs is 1. The highest BCUT2D eigenvalue weighted by atomic mass is 127. The normalized spacial score (nSPS) is 13.0. The third kappa shape index (κ3) is 4.97. The van der Waals surface area contributed by atoms with Gasteiger partial charge in [-0.05, 0) is 42.7 Å². The van der Waals surface area contributed by atoms with Crippen molar-refractivity contribution >= 4 is 47.2 Å². The number of amides is 1. The van der Waals surface area contributed by atoms with Gasteiger partial charge in [-0.25, -0.2) is 4.99 Å². The summed E-state index contributed by atoms with van der Waals surface area (Å²) in [5.74, 6) is 0.833. The van der Waals surface area contributed by atoms with Crippen LogP contribution < -0.4 is 15.5 Å². The highest BCUT2D eigenvalue weighted by Crippen LogP contribution is 2.27. The third-order valence-electron chi connectivity index (χ3n) is 4.14. The topological polar surface area (TPSA) is 56.7 Å². The molecule has 0 fully saturated rings. The van der Waals surface area contributed by atoms with Crippen LogP contribution in [0.25, 0.3) is 0 Å². The molecular weight excluding hydrogens is 439 g/mol. The number of hydrogen-bond acceptors (Lipinski definition) is 2. The Balaban J connectivity index is 0.00000243. The number of para-hydroxylation sites is 1.